The topological polar surface area (TPSA) is 9.23 Å². The van der Waals surface area contributed by atoms with Gasteiger partial charge < -0.3 is 4.74 Å². The van der Waals surface area contributed by atoms with Crippen LogP contribution in [0.25, 0.3) is 0 Å². The molecule has 1 unspecified atom stereocenters. The molecule has 0 aliphatic carbocycles. The summed E-state index contributed by atoms with van der Waals surface area (Å²) < 4.78 is 41.2. The van der Waals surface area contributed by atoms with E-state index in [0.29, 0.717) is 0 Å². The Morgan fingerprint density at radius 2 is 1.55 bits per heavy atom. The molecule has 68 valence electrons. The Morgan fingerprint density at radius 1 is 1.18 bits per heavy atom. The Kier molecular flexibility index (Phi) is 2.94. The van der Waals surface area contributed by atoms with E-state index in [-0.39, 0.29) is 0 Å². The highest BCUT2D eigenvalue weighted by molar-refractivity contribution is 4.68. The highest BCUT2D eigenvalue weighted by atomic mass is 19.3. The molecule has 0 aromatic carbocycles. The molecule has 0 spiro atoms. The molecule has 1 atom stereocenters. The van der Waals surface area contributed by atoms with Crippen molar-refractivity contribution in [3.05, 3.63) is 0 Å². The maximum absolute atomic E-state index is 12.4. The van der Waals surface area contributed by atoms with Gasteiger partial charge in [0.15, 0.2) is 6.17 Å². The molecule has 11 heavy (non-hydrogen) atoms. The van der Waals surface area contributed by atoms with Crippen molar-refractivity contribution in [2.75, 3.05) is 0 Å². The zero-order chi connectivity index (χ0) is 9.28. The predicted octanol–water partition coefficient (Wildman–Crippen LogP) is 2.75. The summed E-state index contributed by atoms with van der Waals surface area (Å²) in [6, 6.07) is 0. The summed E-state index contributed by atoms with van der Waals surface area (Å²) in [5, 5.41) is 0. The molecular formula is C7H13F3O. The Morgan fingerprint density at radius 3 is 1.64 bits per heavy atom. The standard InChI is InChI=1S/C7H13F3O/c1-5(8)7(9,10)11-6(2,3)4/h5H,1-4H3. The van der Waals surface area contributed by atoms with Crippen LogP contribution in [0, 0.1) is 0 Å². The normalized spacial score (nSPS) is 16.6. The number of halogens is 3. The minimum Gasteiger partial charge on any atom is -0.312 e. The van der Waals surface area contributed by atoms with Gasteiger partial charge in [-0.2, -0.15) is 8.78 Å². The molecule has 4 heteroatoms. The summed E-state index contributed by atoms with van der Waals surface area (Å²) in [4.78, 5) is 0. The van der Waals surface area contributed by atoms with Gasteiger partial charge in [0.2, 0.25) is 0 Å². The average molecular weight is 170 g/mol. The lowest BCUT2D eigenvalue weighted by atomic mass is 10.2. The predicted molar refractivity (Wildman–Crippen MR) is 36.4 cm³/mol. The second-order valence-electron chi connectivity index (χ2n) is 3.39. The van der Waals surface area contributed by atoms with Gasteiger partial charge in [-0.3, -0.25) is 0 Å². The molecule has 1 nitrogen and oxygen atoms in total. The SMILES string of the molecule is CC(F)C(F)(F)OC(C)(C)C. The van der Waals surface area contributed by atoms with Crippen LogP contribution in [-0.2, 0) is 4.74 Å². The summed E-state index contributed by atoms with van der Waals surface area (Å²) in [5.74, 6) is 0. The summed E-state index contributed by atoms with van der Waals surface area (Å²) in [5.41, 5.74) is -1.02. The van der Waals surface area contributed by atoms with Crippen molar-refractivity contribution in [2.24, 2.45) is 0 Å². The van der Waals surface area contributed by atoms with Crippen molar-refractivity contribution >= 4 is 0 Å². The van der Waals surface area contributed by atoms with Gasteiger partial charge in [-0.15, -0.1) is 0 Å². The number of rotatable bonds is 2. The summed E-state index contributed by atoms with van der Waals surface area (Å²) in [6.45, 7) is 5.11. The fourth-order valence-electron chi connectivity index (χ4n) is 0.489. The van der Waals surface area contributed by atoms with Crippen LogP contribution in [0.15, 0.2) is 0 Å². The second kappa shape index (κ2) is 3.01. The van der Waals surface area contributed by atoms with E-state index in [4.69, 9.17) is 0 Å². The van der Waals surface area contributed by atoms with Gasteiger partial charge in [-0.25, -0.2) is 4.39 Å². The first-order valence-electron chi connectivity index (χ1n) is 3.37. The average Bonchev–Trinajstić information content (AvgIpc) is 1.56. The number of alkyl halides is 3. The number of hydrogen-bond donors (Lipinski definition) is 0. The molecule has 0 rings (SSSR count). The molecule has 0 aromatic heterocycles. The molecule has 0 aliphatic heterocycles. The molecule has 0 radical (unpaired) electrons. The van der Waals surface area contributed by atoms with Gasteiger partial charge in [0.1, 0.15) is 0 Å². The molecule has 0 saturated heterocycles. The Balaban J connectivity index is 4.13. The monoisotopic (exact) mass is 170 g/mol. The number of hydrogen-bond acceptors (Lipinski definition) is 1. The molecule has 0 N–H and O–H groups in total. The van der Waals surface area contributed by atoms with Gasteiger partial charge in [-0.05, 0) is 27.7 Å². The highest BCUT2D eigenvalue weighted by Gasteiger charge is 2.41. The lowest BCUT2D eigenvalue weighted by Gasteiger charge is -2.27. The third-order valence-corrected chi connectivity index (χ3v) is 0.905. The Bertz CT molecular complexity index is 126. The van der Waals surface area contributed by atoms with Crippen LogP contribution in [0.4, 0.5) is 13.2 Å². The quantitative estimate of drug-likeness (QED) is 0.619. The van der Waals surface area contributed by atoms with Crippen LogP contribution in [0.5, 0.6) is 0 Å². The van der Waals surface area contributed by atoms with Crippen molar-refractivity contribution in [3.8, 4) is 0 Å². The van der Waals surface area contributed by atoms with E-state index in [1.165, 1.54) is 20.8 Å². The van der Waals surface area contributed by atoms with Crippen molar-refractivity contribution in [3.63, 3.8) is 0 Å². The van der Waals surface area contributed by atoms with Crippen LogP contribution < -0.4 is 0 Å². The molecule has 0 aromatic rings. The molecule has 0 bridgehead atoms. The Hall–Kier alpha value is -0.250. The van der Waals surface area contributed by atoms with E-state index in [1.807, 2.05) is 0 Å². The van der Waals surface area contributed by atoms with Gasteiger partial charge in [0.25, 0.3) is 0 Å². The van der Waals surface area contributed by atoms with E-state index < -0.39 is 17.9 Å². The van der Waals surface area contributed by atoms with E-state index in [1.54, 1.807) is 0 Å². The molecule has 0 heterocycles. The maximum Gasteiger partial charge on any atom is 0.387 e. The fourth-order valence-corrected chi connectivity index (χ4v) is 0.489. The molecular weight excluding hydrogens is 157 g/mol. The zero-order valence-electron chi connectivity index (χ0n) is 7.12. The van der Waals surface area contributed by atoms with E-state index in [0.717, 1.165) is 6.92 Å². The minimum absolute atomic E-state index is 0.770. The van der Waals surface area contributed by atoms with Gasteiger partial charge in [-0.1, -0.05) is 0 Å². The first-order chi connectivity index (χ1) is 4.65. The van der Waals surface area contributed by atoms with Crippen LogP contribution in [0.3, 0.4) is 0 Å². The third-order valence-electron chi connectivity index (χ3n) is 0.905. The molecule has 0 aliphatic rings. The number of ether oxygens (including phenoxy) is 1. The third kappa shape index (κ3) is 4.24. The maximum atomic E-state index is 12.4. The van der Waals surface area contributed by atoms with Gasteiger partial charge in [0, 0.05) is 0 Å². The minimum atomic E-state index is -3.68. The highest BCUT2D eigenvalue weighted by Crippen LogP contribution is 2.28. The van der Waals surface area contributed by atoms with Crippen molar-refractivity contribution < 1.29 is 17.9 Å². The fraction of sp³-hybridized carbons (Fsp3) is 1.00. The summed E-state index contributed by atoms with van der Waals surface area (Å²) in [7, 11) is 0. The van der Waals surface area contributed by atoms with Gasteiger partial charge in [0.05, 0.1) is 5.60 Å². The van der Waals surface area contributed by atoms with Crippen LogP contribution >= 0.6 is 0 Å². The second-order valence-corrected chi connectivity index (χ2v) is 3.39. The van der Waals surface area contributed by atoms with E-state index in [9.17, 15) is 13.2 Å². The van der Waals surface area contributed by atoms with Crippen molar-refractivity contribution in [1.82, 2.24) is 0 Å². The summed E-state index contributed by atoms with van der Waals surface area (Å²) in [6.07, 6.45) is -5.96. The lowest BCUT2D eigenvalue weighted by Crippen LogP contribution is -2.38. The first-order valence-corrected chi connectivity index (χ1v) is 3.37. The lowest BCUT2D eigenvalue weighted by molar-refractivity contribution is -0.308. The van der Waals surface area contributed by atoms with Crippen molar-refractivity contribution in [2.45, 2.75) is 45.6 Å². The smallest absolute Gasteiger partial charge is 0.312 e. The molecule has 0 amide bonds. The Labute approximate surface area is 64.5 Å². The van der Waals surface area contributed by atoms with Crippen LogP contribution in [-0.4, -0.2) is 17.9 Å². The van der Waals surface area contributed by atoms with E-state index in [2.05, 4.69) is 4.74 Å². The van der Waals surface area contributed by atoms with Gasteiger partial charge >= 0.3 is 6.11 Å². The molecule has 0 fully saturated rings. The van der Waals surface area contributed by atoms with E-state index >= 15 is 0 Å². The zero-order valence-corrected chi connectivity index (χ0v) is 7.12. The largest absolute Gasteiger partial charge is 0.387 e. The van der Waals surface area contributed by atoms with Crippen LogP contribution in [0.2, 0.25) is 0 Å². The first kappa shape index (κ1) is 10.8. The van der Waals surface area contributed by atoms with Crippen LogP contribution in [0.1, 0.15) is 27.7 Å². The van der Waals surface area contributed by atoms with Crippen molar-refractivity contribution in [1.29, 1.82) is 0 Å². The summed E-state index contributed by atoms with van der Waals surface area (Å²) >= 11 is 0. The molecule has 0 saturated carbocycles.